The molecule has 0 aromatic rings. The third kappa shape index (κ3) is 3.48. The van der Waals surface area contributed by atoms with E-state index >= 15 is 0 Å². The quantitative estimate of drug-likeness (QED) is 0.816. The Labute approximate surface area is 113 Å². The van der Waals surface area contributed by atoms with Crippen molar-refractivity contribution in [2.24, 2.45) is 17.3 Å². The number of hydrogen-bond donors (Lipinski definition) is 1. The Morgan fingerprint density at radius 1 is 1.17 bits per heavy atom. The molecule has 4 atom stereocenters. The van der Waals surface area contributed by atoms with Crippen LogP contribution in [0.5, 0.6) is 0 Å². The fraction of sp³-hybridized carbons (Fsp3) is 1.00. The van der Waals surface area contributed by atoms with Crippen LogP contribution in [-0.2, 0) is 0 Å². The smallest absolute Gasteiger partial charge is 0.0581 e. The molecule has 2 rings (SSSR count). The molecular weight excluding hydrogens is 222 g/mol. The van der Waals surface area contributed by atoms with Crippen molar-refractivity contribution in [3.8, 4) is 0 Å². The van der Waals surface area contributed by atoms with Gasteiger partial charge in [-0.05, 0) is 56.3 Å². The van der Waals surface area contributed by atoms with Gasteiger partial charge < -0.3 is 10.0 Å². The fourth-order valence-electron chi connectivity index (χ4n) is 3.84. The summed E-state index contributed by atoms with van der Waals surface area (Å²) in [6.45, 7) is 11.8. The van der Waals surface area contributed by atoms with E-state index in [2.05, 4.69) is 32.6 Å². The number of piperidine rings is 1. The van der Waals surface area contributed by atoms with Crippen LogP contribution in [0.1, 0.15) is 59.8 Å². The van der Waals surface area contributed by atoms with Gasteiger partial charge in [0.2, 0.25) is 0 Å². The Balaban J connectivity index is 1.94. The number of aliphatic hydroxyl groups is 1. The van der Waals surface area contributed by atoms with E-state index in [1.165, 1.54) is 32.2 Å². The van der Waals surface area contributed by atoms with Crippen molar-refractivity contribution in [3.05, 3.63) is 0 Å². The Morgan fingerprint density at radius 2 is 1.89 bits per heavy atom. The minimum absolute atomic E-state index is 0.0672. The maximum Gasteiger partial charge on any atom is 0.0581 e. The predicted octanol–water partition coefficient (Wildman–Crippen LogP) is 3.29. The highest BCUT2D eigenvalue weighted by molar-refractivity contribution is 4.88. The van der Waals surface area contributed by atoms with Gasteiger partial charge in [0.05, 0.1) is 6.10 Å². The van der Waals surface area contributed by atoms with E-state index in [-0.39, 0.29) is 6.10 Å². The zero-order valence-corrected chi connectivity index (χ0v) is 12.7. The Bertz CT molecular complexity index is 276. The summed E-state index contributed by atoms with van der Waals surface area (Å²) in [5.41, 5.74) is 0.425. The van der Waals surface area contributed by atoms with E-state index in [4.69, 9.17) is 0 Å². The highest BCUT2D eigenvalue weighted by Gasteiger charge is 2.36. The molecule has 2 fully saturated rings. The van der Waals surface area contributed by atoms with Crippen LogP contribution in [0.3, 0.4) is 0 Å². The molecule has 1 saturated carbocycles. The second kappa shape index (κ2) is 5.50. The van der Waals surface area contributed by atoms with E-state index < -0.39 is 0 Å². The van der Waals surface area contributed by atoms with Gasteiger partial charge in [0, 0.05) is 19.1 Å². The third-order valence-electron chi connectivity index (χ3n) is 5.19. The molecule has 2 heteroatoms. The van der Waals surface area contributed by atoms with E-state index in [0.29, 0.717) is 17.4 Å². The number of rotatable bonds is 2. The molecule has 18 heavy (non-hydrogen) atoms. The lowest BCUT2D eigenvalue weighted by Gasteiger charge is -2.44. The zero-order chi connectivity index (χ0) is 13.3. The van der Waals surface area contributed by atoms with Crippen molar-refractivity contribution in [3.63, 3.8) is 0 Å². The third-order valence-corrected chi connectivity index (χ3v) is 5.19. The normalized spacial score (nSPS) is 41.8. The summed E-state index contributed by atoms with van der Waals surface area (Å²) in [5.74, 6) is 1.32. The fourth-order valence-corrected chi connectivity index (χ4v) is 3.84. The maximum atomic E-state index is 10.3. The number of likely N-dealkylation sites (tertiary alicyclic amines) is 1. The first-order chi connectivity index (χ1) is 8.37. The summed E-state index contributed by atoms with van der Waals surface area (Å²) in [4.78, 5) is 2.63. The first-order valence-electron chi connectivity index (χ1n) is 7.79. The molecule has 0 bridgehead atoms. The van der Waals surface area contributed by atoms with Crippen LogP contribution in [0.2, 0.25) is 0 Å². The van der Waals surface area contributed by atoms with Gasteiger partial charge in [-0.15, -0.1) is 0 Å². The summed E-state index contributed by atoms with van der Waals surface area (Å²) in [6.07, 6.45) is 5.99. The van der Waals surface area contributed by atoms with Crippen LogP contribution in [-0.4, -0.2) is 35.2 Å². The van der Waals surface area contributed by atoms with Gasteiger partial charge in [-0.3, -0.25) is 0 Å². The highest BCUT2D eigenvalue weighted by atomic mass is 16.3. The van der Waals surface area contributed by atoms with Crippen molar-refractivity contribution in [1.29, 1.82) is 0 Å². The van der Waals surface area contributed by atoms with Crippen LogP contribution in [0, 0.1) is 17.3 Å². The van der Waals surface area contributed by atoms with Crippen molar-refractivity contribution in [2.45, 2.75) is 71.9 Å². The van der Waals surface area contributed by atoms with Gasteiger partial charge in [-0.25, -0.2) is 0 Å². The number of nitrogens with zero attached hydrogens (tertiary/aromatic N) is 1. The van der Waals surface area contributed by atoms with Gasteiger partial charge in [0.1, 0.15) is 0 Å². The lowest BCUT2D eigenvalue weighted by atomic mass is 9.70. The minimum Gasteiger partial charge on any atom is -0.393 e. The van der Waals surface area contributed by atoms with Gasteiger partial charge in [-0.1, -0.05) is 20.8 Å². The average Bonchev–Trinajstić information content (AvgIpc) is 2.28. The molecule has 0 amide bonds. The molecule has 1 N–H and O–H groups in total. The van der Waals surface area contributed by atoms with Crippen molar-refractivity contribution in [2.75, 3.05) is 13.1 Å². The molecule has 1 heterocycles. The average molecular weight is 253 g/mol. The molecule has 0 aromatic carbocycles. The lowest BCUT2D eigenvalue weighted by Crippen LogP contribution is -2.47. The largest absolute Gasteiger partial charge is 0.393 e. The van der Waals surface area contributed by atoms with Gasteiger partial charge in [0.15, 0.2) is 0 Å². The summed E-state index contributed by atoms with van der Waals surface area (Å²) in [6, 6.07) is 0.707. The van der Waals surface area contributed by atoms with Gasteiger partial charge >= 0.3 is 0 Å². The van der Waals surface area contributed by atoms with Crippen molar-refractivity contribution in [1.82, 2.24) is 4.90 Å². The van der Waals surface area contributed by atoms with Crippen molar-refractivity contribution < 1.29 is 5.11 Å². The predicted molar refractivity (Wildman–Crippen MR) is 76.6 cm³/mol. The monoisotopic (exact) mass is 253 g/mol. The molecule has 0 radical (unpaired) electrons. The topological polar surface area (TPSA) is 23.5 Å². The van der Waals surface area contributed by atoms with Crippen LogP contribution in [0.15, 0.2) is 0 Å². The van der Waals surface area contributed by atoms with Crippen LogP contribution >= 0.6 is 0 Å². The second-order valence-electron chi connectivity index (χ2n) is 7.72. The maximum absolute atomic E-state index is 10.3. The molecule has 2 aliphatic rings. The molecule has 0 spiro atoms. The number of hydrogen-bond acceptors (Lipinski definition) is 2. The molecule has 0 aromatic heterocycles. The van der Waals surface area contributed by atoms with E-state index in [1.807, 2.05) is 0 Å². The standard InChI is InChI=1S/C16H31NO/c1-12-5-6-13(2)17(10-12)11-14-9-16(3,4)8-7-15(14)18/h12-15,18H,5-11H2,1-4H3. The van der Waals surface area contributed by atoms with Crippen LogP contribution in [0.4, 0.5) is 0 Å². The summed E-state index contributed by atoms with van der Waals surface area (Å²) < 4.78 is 0. The lowest BCUT2D eigenvalue weighted by molar-refractivity contribution is -0.0107. The van der Waals surface area contributed by atoms with Gasteiger partial charge in [0.25, 0.3) is 0 Å². The second-order valence-corrected chi connectivity index (χ2v) is 7.72. The molecule has 1 saturated heterocycles. The van der Waals surface area contributed by atoms with E-state index in [1.54, 1.807) is 0 Å². The summed E-state index contributed by atoms with van der Waals surface area (Å²) in [7, 11) is 0. The molecule has 2 nitrogen and oxygen atoms in total. The Morgan fingerprint density at radius 3 is 2.61 bits per heavy atom. The van der Waals surface area contributed by atoms with E-state index in [9.17, 15) is 5.11 Å². The first kappa shape index (κ1) is 14.3. The SMILES string of the molecule is CC1CCC(C)N(CC2CC(C)(C)CCC2O)C1. The van der Waals surface area contributed by atoms with Gasteiger partial charge in [-0.2, -0.15) is 0 Å². The molecule has 1 aliphatic carbocycles. The summed E-state index contributed by atoms with van der Waals surface area (Å²) >= 11 is 0. The molecule has 4 unspecified atom stereocenters. The summed E-state index contributed by atoms with van der Waals surface area (Å²) in [5, 5.41) is 10.3. The zero-order valence-electron chi connectivity index (χ0n) is 12.7. The highest BCUT2D eigenvalue weighted by Crippen LogP contribution is 2.39. The van der Waals surface area contributed by atoms with Crippen molar-refractivity contribution >= 4 is 0 Å². The number of aliphatic hydroxyl groups excluding tert-OH is 1. The van der Waals surface area contributed by atoms with Crippen LogP contribution in [0.25, 0.3) is 0 Å². The Hall–Kier alpha value is -0.0800. The Kier molecular flexibility index (Phi) is 4.38. The molecule has 106 valence electrons. The molecular formula is C16H31NO. The first-order valence-corrected chi connectivity index (χ1v) is 7.79. The van der Waals surface area contributed by atoms with Crippen LogP contribution < -0.4 is 0 Å². The molecule has 1 aliphatic heterocycles. The van der Waals surface area contributed by atoms with E-state index in [0.717, 1.165) is 18.9 Å². The minimum atomic E-state index is -0.0672.